The Morgan fingerprint density at radius 2 is 1.82 bits per heavy atom. The van der Waals surface area contributed by atoms with E-state index in [1.54, 1.807) is 0 Å². The third kappa shape index (κ3) is 3.27. The zero-order valence-electron chi connectivity index (χ0n) is 8.39. The van der Waals surface area contributed by atoms with E-state index in [9.17, 15) is 31.1 Å². The summed E-state index contributed by atoms with van der Waals surface area (Å²) in [5.74, 6) is -15.4. The average Bonchev–Trinajstić information content (AvgIpc) is 2.17. The molecule has 0 fully saturated rings. The van der Waals surface area contributed by atoms with Crippen LogP contribution in [0.1, 0.15) is 6.92 Å². The molecule has 0 aromatic carbocycles. The van der Waals surface area contributed by atoms with Crippen molar-refractivity contribution in [2.24, 2.45) is 0 Å². The highest BCUT2D eigenvalue weighted by Gasteiger charge is 2.65. The van der Waals surface area contributed by atoms with E-state index in [2.05, 4.69) is 4.74 Å². The summed E-state index contributed by atoms with van der Waals surface area (Å²) in [7, 11) is 0. The molecule has 0 atom stereocenters. The Kier molecular flexibility index (Phi) is 4.84. The van der Waals surface area contributed by atoms with Crippen LogP contribution < -0.4 is 0 Å². The predicted octanol–water partition coefficient (Wildman–Crippen LogP) is 2.53. The van der Waals surface area contributed by atoms with Crippen LogP contribution in [0.5, 0.6) is 0 Å². The Balaban J connectivity index is 5.12. The summed E-state index contributed by atoms with van der Waals surface area (Å²) in [5, 5.41) is 8.56. The van der Waals surface area contributed by atoms with Gasteiger partial charge in [-0.1, -0.05) is 0 Å². The molecule has 0 heterocycles. The molecule has 3 nitrogen and oxygen atoms in total. The zero-order valence-corrected chi connectivity index (χ0v) is 8.39. The minimum absolute atomic E-state index is 0.264. The molecule has 0 aromatic heterocycles. The van der Waals surface area contributed by atoms with Crippen LogP contribution in [0.3, 0.4) is 0 Å². The van der Waals surface area contributed by atoms with Crippen LogP contribution >= 0.6 is 0 Å². The molecule has 100 valence electrons. The van der Waals surface area contributed by atoms with Gasteiger partial charge in [-0.15, -0.1) is 0 Å². The lowest BCUT2D eigenvalue weighted by molar-refractivity contribution is -0.256. The zero-order chi connectivity index (χ0) is 13.9. The number of allylic oxidation sites excluding steroid dienone is 1. The molecule has 0 aliphatic carbocycles. The number of hydrogen-bond donors (Lipinski definition) is 1. The van der Waals surface area contributed by atoms with Gasteiger partial charge in [-0.05, 0) is 6.92 Å². The molecule has 0 rings (SSSR count). The van der Waals surface area contributed by atoms with Gasteiger partial charge in [-0.2, -0.15) is 17.6 Å². The SMILES string of the molecule is CCOC(=O)/C=C(\O)C(F)(F)C(F)(F)C(F)F. The second kappa shape index (κ2) is 5.28. The molecule has 17 heavy (non-hydrogen) atoms. The first-order chi connectivity index (χ1) is 7.57. The average molecular weight is 266 g/mol. The standard InChI is InChI=1S/C8H8F6O3/c1-2-17-5(16)3-4(15)7(11,12)8(13,14)6(9)10/h3,6,15H,2H2,1H3/b4-3-. The Labute approximate surface area is 91.7 Å². The van der Waals surface area contributed by atoms with E-state index in [0.717, 1.165) is 0 Å². The highest BCUT2D eigenvalue weighted by Crippen LogP contribution is 2.42. The van der Waals surface area contributed by atoms with E-state index in [1.165, 1.54) is 6.92 Å². The van der Waals surface area contributed by atoms with E-state index in [0.29, 0.717) is 0 Å². The minimum atomic E-state index is -5.79. The maximum absolute atomic E-state index is 12.7. The molecule has 0 saturated heterocycles. The molecular weight excluding hydrogens is 258 g/mol. The summed E-state index contributed by atoms with van der Waals surface area (Å²) in [5.41, 5.74) is 0. The Morgan fingerprint density at radius 3 is 2.18 bits per heavy atom. The van der Waals surface area contributed by atoms with Gasteiger partial charge in [0.2, 0.25) is 0 Å². The second-order valence-corrected chi connectivity index (χ2v) is 2.78. The smallest absolute Gasteiger partial charge is 0.376 e. The van der Waals surface area contributed by atoms with E-state index >= 15 is 0 Å². The van der Waals surface area contributed by atoms with Crippen LogP contribution in [0.15, 0.2) is 11.8 Å². The summed E-state index contributed by atoms with van der Waals surface area (Å²) in [6.45, 7) is 1.02. The van der Waals surface area contributed by atoms with Crippen molar-refractivity contribution in [1.82, 2.24) is 0 Å². The summed E-state index contributed by atoms with van der Waals surface area (Å²) < 4.78 is 77.5. The van der Waals surface area contributed by atoms with Crippen LogP contribution in [-0.2, 0) is 9.53 Å². The summed E-state index contributed by atoms with van der Waals surface area (Å²) >= 11 is 0. The number of halogens is 6. The van der Waals surface area contributed by atoms with Crippen molar-refractivity contribution in [1.29, 1.82) is 0 Å². The maximum Gasteiger partial charge on any atom is 0.376 e. The number of alkyl halides is 6. The van der Waals surface area contributed by atoms with Gasteiger partial charge in [0.05, 0.1) is 12.7 Å². The van der Waals surface area contributed by atoms with E-state index in [-0.39, 0.29) is 12.7 Å². The third-order valence-corrected chi connectivity index (χ3v) is 1.56. The topological polar surface area (TPSA) is 46.5 Å². The molecule has 0 bridgehead atoms. The Hall–Kier alpha value is -1.41. The van der Waals surface area contributed by atoms with E-state index < -0.39 is 30.0 Å². The lowest BCUT2D eigenvalue weighted by Gasteiger charge is -2.24. The lowest BCUT2D eigenvalue weighted by Crippen LogP contribution is -2.47. The van der Waals surface area contributed by atoms with E-state index in [4.69, 9.17) is 5.11 Å². The van der Waals surface area contributed by atoms with Crippen molar-refractivity contribution in [3.8, 4) is 0 Å². The molecule has 0 unspecified atom stereocenters. The molecule has 0 saturated carbocycles. The first-order valence-electron chi connectivity index (χ1n) is 4.19. The predicted molar refractivity (Wildman–Crippen MR) is 43.2 cm³/mol. The Morgan fingerprint density at radius 1 is 1.35 bits per heavy atom. The number of aliphatic hydroxyl groups is 1. The number of carbonyl (C=O) groups excluding carboxylic acids is 1. The van der Waals surface area contributed by atoms with Crippen molar-refractivity contribution in [3.05, 3.63) is 11.8 Å². The van der Waals surface area contributed by atoms with Gasteiger partial charge in [0.1, 0.15) is 0 Å². The number of rotatable bonds is 5. The number of carbonyl (C=O) groups is 1. The van der Waals surface area contributed by atoms with Crippen LogP contribution in [0.25, 0.3) is 0 Å². The molecule has 0 radical (unpaired) electrons. The first kappa shape index (κ1) is 15.6. The molecule has 0 aromatic rings. The van der Waals surface area contributed by atoms with Crippen molar-refractivity contribution in [2.75, 3.05) is 6.61 Å². The van der Waals surface area contributed by atoms with Crippen LogP contribution in [0.4, 0.5) is 26.3 Å². The molecule has 0 amide bonds. The van der Waals surface area contributed by atoms with Gasteiger partial charge in [-0.25, -0.2) is 13.6 Å². The summed E-state index contributed by atoms with van der Waals surface area (Å²) in [4.78, 5) is 10.6. The quantitative estimate of drug-likeness (QED) is 0.360. The normalized spacial score (nSPS) is 14.0. The molecule has 1 N–H and O–H groups in total. The molecule has 0 spiro atoms. The van der Waals surface area contributed by atoms with E-state index in [1.807, 2.05) is 0 Å². The maximum atomic E-state index is 12.7. The fourth-order valence-corrected chi connectivity index (χ4v) is 0.694. The third-order valence-electron chi connectivity index (χ3n) is 1.56. The summed E-state index contributed by atoms with van der Waals surface area (Å²) in [6, 6.07) is 0. The molecule has 0 aliphatic rings. The minimum Gasteiger partial charge on any atom is -0.506 e. The van der Waals surface area contributed by atoms with Gasteiger partial charge >= 0.3 is 24.2 Å². The van der Waals surface area contributed by atoms with Crippen molar-refractivity contribution < 1.29 is 41.0 Å². The van der Waals surface area contributed by atoms with Crippen LogP contribution in [0.2, 0.25) is 0 Å². The lowest BCUT2D eigenvalue weighted by atomic mass is 10.1. The van der Waals surface area contributed by atoms with Gasteiger partial charge in [0, 0.05) is 0 Å². The summed E-state index contributed by atoms with van der Waals surface area (Å²) in [6.07, 6.45) is -5.07. The number of esters is 1. The molecular formula is C8H8F6O3. The van der Waals surface area contributed by atoms with Gasteiger partial charge < -0.3 is 9.84 Å². The van der Waals surface area contributed by atoms with Gasteiger partial charge in [-0.3, -0.25) is 0 Å². The van der Waals surface area contributed by atoms with Gasteiger partial charge in [0.25, 0.3) is 0 Å². The molecule has 0 aliphatic heterocycles. The second-order valence-electron chi connectivity index (χ2n) is 2.78. The van der Waals surface area contributed by atoms with Crippen molar-refractivity contribution in [3.63, 3.8) is 0 Å². The molecule has 9 heteroatoms. The monoisotopic (exact) mass is 266 g/mol. The highest BCUT2D eigenvalue weighted by molar-refractivity contribution is 5.82. The highest BCUT2D eigenvalue weighted by atomic mass is 19.3. The van der Waals surface area contributed by atoms with Crippen LogP contribution in [-0.4, -0.2) is 36.0 Å². The van der Waals surface area contributed by atoms with Crippen LogP contribution in [0, 0.1) is 0 Å². The fraction of sp³-hybridized carbons (Fsp3) is 0.625. The van der Waals surface area contributed by atoms with Crippen molar-refractivity contribution >= 4 is 5.97 Å². The fourth-order valence-electron chi connectivity index (χ4n) is 0.694. The largest absolute Gasteiger partial charge is 0.506 e. The first-order valence-corrected chi connectivity index (χ1v) is 4.19. The van der Waals surface area contributed by atoms with Gasteiger partial charge in [0.15, 0.2) is 5.76 Å². The number of hydrogen-bond acceptors (Lipinski definition) is 3. The van der Waals surface area contributed by atoms with Crippen molar-refractivity contribution in [2.45, 2.75) is 25.2 Å². The number of ether oxygens (including phenoxy) is 1. The number of aliphatic hydroxyl groups excluding tert-OH is 1. The Bertz CT molecular complexity index is 312.